The van der Waals surface area contributed by atoms with Gasteiger partial charge >= 0.3 is 6.18 Å². The first-order valence-electron chi connectivity index (χ1n) is 8.63. The molecule has 4 nitrogen and oxygen atoms in total. The fraction of sp³-hybridized carbons (Fsp3) is 0.300. The van der Waals surface area contributed by atoms with Crippen LogP contribution in [0.15, 0.2) is 54.6 Å². The van der Waals surface area contributed by atoms with E-state index >= 15 is 0 Å². The number of rotatable bonds is 6. The molecule has 0 saturated carbocycles. The van der Waals surface area contributed by atoms with Gasteiger partial charge < -0.3 is 10.2 Å². The first-order chi connectivity index (χ1) is 12.8. The van der Waals surface area contributed by atoms with Gasteiger partial charge in [-0.05, 0) is 38.2 Å². The summed E-state index contributed by atoms with van der Waals surface area (Å²) in [7, 11) is 3.91. The summed E-state index contributed by atoms with van der Waals surface area (Å²) < 4.78 is 39.4. The Labute approximate surface area is 156 Å². The van der Waals surface area contributed by atoms with Crippen molar-refractivity contribution in [1.82, 2.24) is 14.9 Å². The fourth-order valence-electron chi connectivity index (χ4n) is 2.88. The topological polar surface area (TPSA) is 41.0 Å². The molecule has 0 amide bonds. The quantitative estimate of drug-likeness (QED) is 0.701. The van der Waals surface area contributed by atoms with Gasteiger partial charge in [-0.15, -0.1) is 0 Å². The van der Waals surface area contributed by atoms with Gasteiger partial charge in [0.05, 0.1) is 5.52 Å². The molecule has 0 fully saturated rings. The summed E-state index contributed by atoms with van der Waals surface area (Å²) in [6.45, 7) is 0.459. The fourth-order valence-corrected chi connectivity index (χ4v) is 2.88. The molecule has 0 aliphatic rings. The Bertz CT molecular complexity index is 895. The Morgan fingerprint density at radius 2 is 1.63 bits per heavy atom. The number of para-hydroxylation sites is 1. The molecule has 1 N–H and O–H groups in total. The summed E-state index contributed by atoms with van der Waals surface area (Å²) in [6.07, 6.45) is -3.82. The largest absolute Gasteiger partial charge is 0.451 e. The van der Waals surface area contributed by atoms with Crippen LogP contribution in [0.25, 0.3) is 10.9 Å². The highest BCUT2D eigenvalue weighted by molar-refractivity contribution is 5.89. The minimum atomic E-state index is -4.59. The third kappa shape index (κ3) is 4.74. The van der Waals surface area contributed by atoms with Gasteiger partial charge in [0, 0.05) is 18.0 Å². The van der Waals surface area contributed by atoms with Gasteiger partial charge in [0.25, 0.3) is 0 Å². The van der Waals surface area contributed by atoms with Crippen molar-refractivity contribution in [3.05, 3.63) is 66.0 Å². The number of hydrogen-bond donors (Lipinski definition) is 1. The predicted octanol–water partition coefficient (Wildman–Crippen LogP) is 4.23. The highest BCUT2D eigenvalue weighted by atomic mass is 19.4. The average Bonchev–Trinajstić information content (AvgIpc) is 2.64. The molecule has 3 rings (SSSR count). The van der Waals surface area contributed by atoms with Crippen LogP contribution >= 0.6 is 0 Å². The smallest absolute Gasteiger partial charge is 0.368 e. The zero-order valence-electron chi connectivity index (χ0n) is 15.2. The lowest BCUT2D eigenvalue weighted by Crippen LogP contribution is -2.36. The second kappa shape index (κ2) is 7.92. The molecule has 7 heteroatoms. The van der Waals surface area contributed by atoms with Crippen molar-refractivity contribution in [3.63, 3.8) is 0 Å². The molecule has 1 unspecified atom stereocenters. The lowest BCUT2D eigenvalue weighted by atomic mass is 10.1. The molecule has 27 heavy (non-hydrogen) atoms. The second-order valence-electron chi connectivity index (χ2n) is 6.60. The molecule has 3 aromatic rings. The lowest BCUT2D eigenvalue weighted by Gasteiger charge is -2.25. The van der Waals surface area contributed by atoms with E-state index in [1.165, 1.54) is 5.56 Å². The molecule has 1 atom stereocenters. The molecule has 0 saturated heterocycles. The molecular weight excluding hydrogens is 353 g/mol. The van der Waals surface area contributed by atoms with Crippen molar-refractivity contribution in [2.75, 3.05) is 26.0 Å². The molecule has 0 aliphatic carbocycles. The van der Waals surface area contributed by atoms with Gasteiger partial charge in [-0.2, -0.15) is 13.2 Å². The van der Waals surface area contributed by atoms with Gasteiger partial charge in [-0.25, -0.2) is 9.97 Å². The van der Waals surface area contributed by atoms with Crippen molar-refractivity contribution in [1.29, 1.82) is 0 Å². The number of fused-ring (bicyclic) bond motifs is 1. The third-order valence-electron chi connectivity index (χ3n) is 4.41. The van der Waals surface area contributed by atoms with E-state index in [1.54, 1.807) is 24.3 Å². The van der Waals surface area contributed by atoms with E-state index in [2.05, 4.69) is 15.3 Å². The van der Waals surface area contributed by atoms with Crippen molar-refractivity contribution in [2.45, 2.75) is 18.6 Å². The zero-order chi connectivity index (χ0) is 19.4. The van der Waals surface area contributed by atoms with Gasteiger partial charge in [-0.3, -0.25) is 0 Å². The van der Waals surface area contributed by atoms with E-state index in [1.807, 2.05) is 49.3 Å². The van der Waals surface area contributed by atoms with E-state index in [-0.39, 0.29) is 17.4 Å². The second-order valence-corrected chi connectivity index (χ2v) is 6.60. The summed E-state index contributed by atoms with van der Waals surface area (Å²) >= 11 is 0. The molecule has 0 radical (unpaired) electrons. The minimum absolute atomic E-state index is 0.0930. The normalized spacial score (nSPS) is 13.1. The standard InChI is InChI=1S/C20H21F3N4/c1-27(2)15(12-14-8-4-3-5-9-14)13-24-18-16-10-6-7-11-17(16)25-19(26-18)20(21,22)23/h3-11,15H,12-13H2,1-2H3,(H,24,25,26). The van der Waals surface area contributed by atoms with Crippen LogP contribution in [0.5, 0.6) is 0 Å². The lowest BCUT2D eigenvalue weighted by molar-refractivity contribution is -0.144. The Morgan fingerprint density at radius 3 is 2.30 bits per heavy atom. The number of anilines is 1. The average molecular weight is 374 g/mol. The SMILES string of the molecule is CN(C)C(CNc1nc(C(F)(F)F)nc2ccccc12)Cc1ccccc1. The van der Waals surface area contributed by atoms with E-state index < -0.39 is 12.0 Å². The number of hydrogen-bond acceptors (Lipinski definition) is 4. The molecular formula is C20H21F3N4. The van der Waals surface area contributed by atoms with Crippen molar-refractivity contribution in [2.24, 2.45) is 0 Å². The monoisotopic (exact) mass is 374 g/mol. The van der Waals surface area contributed by atoms with Crippen LogP contribution in [-0.2, 0) is 12.6 Å². The van der Waals surface area contributed by atoms with Crippen LogP contribution in [0.4, 0.5) is 19.0 Å². The van der Waals surface area contributed by atoms with Gasteiger partial charge in [0.1, 0.15) is 5.82 Å². The van der Waals surface area contributed by atoms with Crippen LogP contribution < -0.4 is 5.32 Å². The summed E-state index contributed by atoms with van der Waals surface area (Å²) in [5.41, 5.74) is 1.44. The Kier molecular flexibility index (Phi) is 5.60. The highest BCUT2D eigenvalue weighted by Gasteiger charge is 2.35. The molecule has 1 aromatic heterocycles. The zero-order valence-corrected chi connectivity index (χ0v) is 15.2. The van der Waals surface area contributed by atoms with Gasteiger partial charge in [-0.1, -0.05) is 42.5 Å². The van der Waals surface area contributed by atoms with Crippen LogP contribution in [0.2, 0.25) is 0 Å². The van der Waals surface area contributed by atoms with E-state index in [0.717, 1.165) is 6.42 Å². The van der Waals surface area contributed by atoms with Crippen molar-refractivity contribution in [3.8, 4) is 0 Å². The minimum Gasteiger partial charge on any atom is -0.368 e. The molecule has 0 spiro atoms. The third-order valence-corrected chi connectivity index (χ3v) is 4.41. The van der Waals surface area contributed by atoms with Crippen LogP contribution in [0.3, 0.4) is 0 Å². The Morgan fingerprint density at radius 1 is 0.963 bits per heavy atom. The highest BCUT2D eigenvalue weighted by Crippen LogP contribution is 2.30. The van der Waals surface area contributed by atoms with Gasteiger partial charge in [0.2, 0.25) is 5.82 Å². The number of benzene rings is 2. The summed E-state index contributed by atoms with van der Waals surface area (Å²) in [5, 5.41) is 3.68. The van der Waals surface area contributed by atoms with E-state index in [4.69, 9.17) is 0 Å². The Balaban J connectivity index is 1.86. The van der Waals surface area contributed by atoms with Crippen molar-refractivity contribution < 1.29 is 13.2 Å². The molecule has 2 aromatic carbocycles. The molecule has 0 aliphatic heterocycles. The number of likely N-dealkylation sites (N-methyl/N-ethyl adjacent to an activating group) is 1. The number of nitrogens with one attached hydrogen (secondary N) is 1. The molecule has 1 heterocycles. The van der Waals surface area contributed by atoms with Crippen LogP contribution in [0.1, 0.15) is 11.4 Å². The van der Waals surface area contributed by atoms with Crippen LogP contribution in [-0.4, -0.2) is 41.5 Å². The van der Waals surface area contributed by atoms with Gasteiger partial charge in [0.15, 0.2) is 0 Å². The number of halogens is 3. The summed E-state index contributed by atoms with van der Waals surface area (Å²) in [4.78, 5) is 9.44. The Hall–Kier alpha value is -2.67. The number of alkyl halides is 3. The summed E-state index contributed by atoms with van der Waals surface area (Å²) in [6, 6.07) is 16.8. The van der Waals surface area contributed by atoms with E-state index in [0.29, 0.717) is 11.9 Å². The first kappa shape index (κ1) is 19.1. The number of aromatic nitrogens is 2. The maximum Gasteiger partial charge on any atom is 0.451 e. The predicted molar refractivity (Wildman–Crippen MR) is 101 cm³/mol. The number of nitrogens with zero attached hydrogens (tertiary/aromatic N) is 3. The van der Waals surface area contributed by atoms with Crippen molar-refractivity contribution >= 4 is 16.7 Å². The maximum atomic E-state index is 13.1. The molecule has 142 valence electrons. The maximum absolute atomic E-state index is 13.1. The first-order valence-corrected chi connectivity index (χ1v) is 8.63. The van der Waals surface area contributed by atoms with E-state index in [9.17, 15) is 13.2 Å². The van der Waals surface area contributed by atoms with Crippen LogP contribution in [0, 0.1) is 0 Å². The summed E-state index contributed by atoms with van der Waals surface area (Å²) in [5.74, 6) is -0.930. The molecule has 0 bridgehead atoms.